The molecule has 0 aliphatic heterocycles. The van der Waals surface area contributed by atoms with Gasteiger partial charge in [-0.05, 0) is 18.6 Å². The van der Waals surface area contributed by atoms with E-state index in [0.717, 1.165) is 23.6 Å². The van der Waals surface area contributed by atoms with Gasteiger partial charge in [-0.3, -0.25) is 4.84 Å². The zero-order valence-corrected chi connectivity index (χ0v) is 9.11. The molecule has 4 nitrogen and oxygen atoms in total. The lowest BCUT2D eigenvalue weighted by Crippen LogP contribution is -2.17. The summed E-state index contributed by atoms with van der Waals surface area (Å²) in [7, 11) is 1.50. The van der Waals surface area contributed by atoms with Gasteiger partial charge >= 0.3 is 6.09 Å². The van der Waals surface area contributed by atoms with E-state index < -0.39 is 6.09 Å². The summed E-state index contributed by atoms with van der Waals surface area (Å²) in [5.41, 5.74) is 0. The van der Waals surface area contributed by atoms with E-state index in [-0.39, 0.29) is 0 Å². The lowest BCUT2D eigenvalue weighted by atomic mass is 10.4. The summed E-state index contributed by atoms with van der Waals surface area (Å²) in [6, 6.07) is 0. The fourth-order valence-corrected chi connectivity index (χ4v) is 1.43. The van der Waals surface area contributed by atoms with E-state index in [2.05, 4.69) is 22.2 Å². The van der Waals surface area contributed by atoms with Crippen molar-refractivity contribution in [1.82, 2.24) is 5.32 Å². The number of nitrogens with zero attached hydrogens (tertiary/aromatic N) is 1. The summed E-state index contributed by atoms with van der Waals surface area (Å²) in [5, 5.41) is 6.94. The number of oxime groups is 1. The largest absolute Gasteiger partial charge is 0.433 e. The van der Waals surface area contributed by atoms with Crippen molar-refractivity contribution in [3.63, 3.8) is 0 Å². The van der Waals surface area contributed by atoms with Gasteiger partial charge in [0, 0.05) is 7.05 Å². The molecule has 0 spiro atoms. The SMILES string of the molecule is CCCC(=NOC(=O)NC)SCC. The first-order valence-electron chi connectivity index (χ1n) is 4.32. The highest BCUT2D eigenvalue weighted by molar-refractivity contribution is 8.13. The Morgan fingerprint density at radius 1 is 1.54 bits per heavy atom. The predicted molar refractivity (Wildman–Crippen MR) is 56.0 cm³/mol. The molecule has 0 unspecified atom stereocenters. The monoisotopic (exact) mass is 204 g/mol. The molecule has 0 rings (SSSR count). The molecular formula is C8H16N2O2S. The summed E-state index contributed by atoms with van der Waals surface area (Å²) < 4.78 is 0. The highest BCUT2D eigenvalue weighted by Crippen LogP contribution is 2.09. The highest BCUT2D eigenvalue weighted by Gasteiger charge is 2.01. The first-order chi connectivity index (χ1) is 6.24. The maximum atomic E-state index is 10.7. The molecule has 0 aromatic heterocycles. The van der Waals surface area contributed by atoms with Crippen LogP contribution in [0, 0.1) is 0 Å². The van der Waals surface area contributed by atoms with Crippen molar-refractivity contribution in [1.29, 1.82) is 0 Å². The van der Waals surface area contributed by atoms with Crippen molar-refractivity contribution < 1.29 is 9.63 Å². The van der Waals surface area contributed by atoms with Crippen LogP contribution < -0.4 is 5.32 Å². The van der Waals surface area contributed by atoms with E-state index in [0.29, 0.717) is 0 Å². The number of carbonyl (C=O) groups excluding carboxylic acids is 1. The van der Waals surface area contributed by atoms with Crippen LogP contribution in [0.15, 0.2) is 5.16 Å². The molecule has 76 valence electrons. The molecule has 0 aromatic rings. The number of hydrogen-bond acceptors (Lipinski definition) is 4. The normalized spacial score (nSPS) is 11.2. The van der Waals surface area contributed by atoms with Crippen LogP contribution in [-0.2, 0) is 4.84 Å². The third-order valence-electron chi connectivity index (χ3n) is 1.21. The van der Waals surface area contributed by atoms with Crippen molar-refractivity contribution in [3.05, 3.63) is 0 Å². The van der Waals surface area contributed by atoms with E-state index in [1.807, 2.05) is 6.92 Å². The minimum absolute atomic E-state index is 0.523. The smallest absolute Gasteiger partial charge is 0.323 e. The minimum Gasteiger partial charge on any atom is -0.323 e. The summed E-state index contributed by atoms with van der Waals surface area (Å²) in [5.74, 6) is 0.940. The molecule has 0 aromatic carbocycles. The Hall–Kier alpha value is -0.710. The molecule has 5 heteroatoms. The molecule has 13 heavy (non-hydrogen) atoms. The molecule has 1 amide bonds. The van der Waals surface area contributed by atoms with Gasteiger partial charge in [-0.15, -0.1) is 11.8 Å². The summed E-state index contributed by atoms with van der Waals surface area (Å²) in [6.07, 6.45) is 1.34. The maximum Gasteiger partial charge on any atom is 0.433 e. The predicted octanol–water partition coefficient (Wildman–Crippen LogP) is 2.21. The lowest BCUT2D eigenvalue weighted by Gasteiger charge is -2.01. The molecule has 0 radical (unpaired) electrons. The number of amides is 1. The summed E-state index contributed by atoms with van der Waals surface area (Å²) in [6.45, 7) is 4.10. The fraction of sp³-hybridized carbons (Fsp3) is 0.750. The van der Waals surface area contributed by atoms with Crippen molar-refractivity contribution in [2.45, 2.75) is 26.7 Å². The molecule has 1 N–H and O–H groups in total. The van der Waals surface area contributed by atoms with Crippen molar-refractivity contribution in [2.75, 3.05) is 12.8 Å². The van der Waals surface area contributed by atoms with Crippen LogP contribution in [0.2, 0.25) is 0 Å². The zero-order valence-electron chi connectivity index (χ0n) is 8.29. The van der Waals surface area contributed by atoms with Crippen LogP contribution in [0.25, 0.3) is 0 Å². The second-order valence-electron chi connectivity index (χ2n) is 2.30. The van der Waals surface area contributed by atoms with Gasteiger partial charge in [0.2, 0.25) is 0 Å². The maximum absolute atomic E-state index is 10.7. The van der Waals surface area contributed by atoms with E-state index in [9.17, 15) is 4.79 Å². The van der Waals surface area contributed by atoms with Gasteiger partial charge in [0.1, 0.15) is 5.04 Å². The minimum atomic E-state index is -0.523. The molecule has 0 fully saturated rings. The van der Waals surface area contributed by atoms with Crippen molar-refractivity contribution in [3.8, 4) is 0 Å². The van der Waals surface area contributed by atoms with Gasteiger partial charge in [0.15, 0.2) is 0 Å². The van der Waals surface area contributed by atoms with Gasteiger partial charge in [0.05, 0.1) is 0 Å². The molecule has 0 heterocycles. The Balaban J connectivity index is 3.94. The zero-order chi connectivity index (χ0) is 10.1. The Labute approximate surface area is 83.1 Å². The molecule has 0 saturated carbocycles. The van der Waals surface area contributed by atoms with Crippen LogP contribution >= 0.6 is 11.8 Å². The molecule has 0 aliphatic carbocycles. The van der Waals surface area contributed by atoms with E-state index in [1.165, 1.54) is 7.05 Å². The third kappa shape index (κ3) is 6.45. The van der Waals surface area contributed by atoms with Crippen molar-refractivity contribution in [2.24, 2.45) is 5.16 Å². The summed E-state index contributed by atoms with van der Waals surface area (Å²) in [4.78, 5) is 15.3. The Bertz CT molecular complexity index is 175. The Morgan fingerprint density at radius 3 is 2.69 bits per heavy atom. The number of rotatable bonds is 4. The molecule has 0 saturated heterocycles. The third-order valence-corrected chi connectivity index (χ3v) is 2.11. The van der Waals surface area contributed by atoms with Crippen LogP contribution in [0.4, 0.5) is 4.79 Å². The average Bonchev–Trinajstić information content (AvgIpc) is 2.14. The van der Waals surface area contributed by atoms with Crippen LogP contribution in [0.1, 0.15) is 26.7 Å². The van der Waals surface area contributed by atoms with Crippen LogP contribution in [-0.4, -0.2) is 23.9 Å². The first kappa shape index (κ1) is 12.3. The quantitative estimate of drug-likeness (QED) is 0.330. The molecular weight excluding hydrogens is 188 g/mol. The highest BCUT2D eigenvalue weighted by atomic mass is 32.2. The number of thioether (sulfide) groups is 1. The second kappa shape index (κ2) is 7.91. The summed E-state index contributed by atoms with van der Waals surface area (Å²) >= 11 is 1.60. The van der Waals surface area contributed by atoms with Crippen LogP contribution in [0.3, 0.4) is 0 Å². The molecule has 0 aliphatic rings. The number of hydrogen-bond donors (Lipinski definition) is 1. The van der Waals surface area contributed by atoms with E-state index in [1.54, 1.807) is 11.8 Å². The fourth-order valence-electron chi connectivity index (χ4n) is 0.663. The molecule has 0 bridgehead atoms. The number of nitrogens with one attached hydrogen (secondary N) is 1. The lowest BCUT2D eigenvalue weighted by molar-refractivity contribution is 0.153. The van der Waals surface area contributed by atoms with Crippen molar-refractivity contribution >= 4 is 22.9 Å². The van der Waals surface area contributed by atoms with Gasteiger partial charge < -0.3 is 5.32 Å². The van der Waals surface area contributed by atoms with E-state index in [4.69, 9.17) is 0 Å². The van der Waals surface area contributed by atoms with Gasteiger partial charge in [-0.1, -0.05) is 19.0 Å². The van der Waals surface area contributed by atoms with Gasteiger partial charge in [0.25, 0.3) is 0 Å². The van der Waals surface area contributed by atoms with E-state index >= 15 is 0 Å². The number of carbonyl (C=O) groups is 1. The van der Waals surface area contributed by atoms with Crippen LogP contribution in [0.5, 0.6) is 0 Å². The Kier molecular flexibility index (Phi) is 7.48. The average molecular weight is 204 g/mol. The second-order valence-corrected chi connectivity index (χ2v) is 3.63. The van der Waals surface area contributed by atoms with Gasteiger partial charge in [-0.2, -0.15) is 0 Å². The Morgan fingerprint density at radius 2 is 2.23 bits per heavy atom. The van der Waals surface area contributed by atoms with Gasteiger partial charge in [-0.25, -0.2) is 4.79 Å². The molecule has 0 atom stereocenters. The topological polar surface area (TPSA) is 50.7 Å². The first-order valence-corrected chi connectivity index (χ1v) is 5.31. The standard InChI is InChI=1S/C8H16N2O2S/c1-4-6-7(13-5-2)10-12-8(11)9-3/h4-6H2,1-3H3,(H,9,11).